The number of nitrogens with one attached hydrogen (secondary N) is 3. The first-order chi connectivity index (χ1) is 14.4. The first kappa shape index (κ1) is 21.9. The number of carbonyl (C=O) groups is 2. The molecule has 0 unspecified atom stereocenters. The zero-order valence-corrected chi connectivity index (χ0v) is 18.0. The lowest BCUT2D eigenvalue weighted by Crippen LogP contribution is -2.38. The van der Waals surface area contributed by atoms with Gasteiger partial charge < -0.3 is 15.1 Å². The van der Waals surface area contributed by atoms with Gasteiger partial charge >= 0.3 is 0 Å². The monoisotopic (exact) mass is 445 g/mol. The SMILES string of the molecule is CNC(=O)c1ccccc1NC(=O)[C@H](C)NCc1ccc(-c2cc(Cl)ccc2Cl)o1. The third-order valence-corrected chi connectivity index (χ3v) is 5.05. The van der Waals surface area contributed by atoms with E-state index in [2.05, 4.69) is 16.0 Å². The first-order valence-electron chi connectivity index (χ1n) is 9.28. The molecule has 1 heterocycles. The average Bonchev–Trinajstić information content (AvgIpc) is 3.22. The van der Waals surface area contributed by atoms with Gasteiger partial charge in [-0.3, -0.25) is 14.9 Å². The lowest BCUT2D eigenvalue weighted by molar-refractivity contribution is -0.117. The van der Waals surface area contributed by atoms with Crippen LogP contribution in [0.3, 0.4) is 0 Å². The maximum Gasteiger partial charge on any atom is 0.253 e. The number of halogens is 2. The highest BCUT2D eigenvalue weighted by atomic mass is 35.5. The largest absolute Gasteiger partial charge is 0.460 e. The Kier molecular flexibility index (Phi) is 7.15. The van der Waals surface area contributed by atoms with Crippen molar-refractivity contribution in [3.8, 4) is 11.3 Å². The molecule has 6 nitrogen and oxygen atoms in total. The molecule has 1 atom stereocenters. The maximum absolute atomic E-state index is 12.5. The highest BCUT2D eigenvalue weighted by Gasteiger charge is 2.17. The summed E-state index contributed by atoms with van der Waals surface area (Å²) in [6, 6.07) is 15.1. The van der Waals surface area contributed by atoms with Gasteiger partial charge in [0.1, 0.15) is 11.5 Å². The van der Waals surface area contributed by atoms with Crippen LogP contribution in [0, 0.1) is 0 Å². The van der Waals surface area contributed by atoms with E-state index < -0.39 is 6.04 Å². The number of hydrogen-bond acceptors (Lipinski definition) is 4. The number of benzene rings is 2. The Hall–Kier alpha value is -2.80. The minimum absolute atomic E-state index is 0.268. The average molecular weight is 446 g/mol. The van der Waals surface area contributed by atoms with Crippen LogP contribution in [-0.2, 0) is 11.3 Å². The van der Waals surface area contributed by atoms with Crippen molar-refractivity contribution in [3.05, 3.63) is 76.0 Å². The van der Waals surface area contributed by atoms with Gasteiger partial charge in [0.2, 0.25) is 5.91 Å². The van der Waals surface area contributed by atoms with Gasteiger partial charge in [-0.2, -0.15) is 0 Å². The quantitative estimate of drug-likeness (QED) is 0.490. The number of rotatable bonds is 7. The van der Waals surface area contributed by atoms with Crippen molar-refractivity contribution in [2.24, 2.45) is 0 Å². The summed E-state index contributed by atoms with van der Waals surface area (Å²) in [5.74, 6) is 0.702. The van der Waals surface area contributed by atoms with E-state index in [1.807, 2.05) is 6.07 Å². The highest BCUT2D eigenvalue weighted by molar-refractivity contribution is 6.35. The zero-order valence-electron chi connectivity index (χ0n) is 16.5. The van der Waals surface area contributed by atoms with Crippen molar-refractivity contribution in [2.45, 2.75) is 19.5 Å². The molecular weight excluding hydrogens is 425 g/mol. The second kappa shape index (κ2) is 9.80. The fourth-order valence-electron chi connectivity index (χ4n) is 2.82. The van der Waals surface area contributed by atoms with Gasteiger partial charge in [0, 0.05) is 17.6 Å². The molecule has 3 rings (SSSR count). The molecule has 8 heteroatoms. The van der Waals surface area contributed by atoms with E-state index in [0.29, 0.717) is 44.9 Å². The summed E-state index contributed by atoms with van der Waals surface area (Å²) in [4.78, 5) is 24.5. The molecule has 0 saturated carbocycles. The molecule has 1 aromatic heterocycles. The van der Waals surface area contributed by atoms with Gasteiger partial charge in [0.25, 0.3) is 5.91 Å². The van der Waals surface area contributed by atoms with E-state index in [4.69, 9.17) is 27.6 Å². The third-order valence-electron chi connectivity index (χ3n) is 4.49. The normalized spacial score (nSPS) is 11.7. The zero-order chi connectivity index (χ0) is 21.7. The Morgan fingerprint density at radius 3 is 2.60 bits per heavy atom. The highest BCUT2D eigenvalue weighted by Crippen LogP contribution is 2.31. The van der Waals surface area contributed by atoms with E-state index in [1.165, 1.54) is 0 Å². The van der Waals surface area contributed by atoms with Crippen molar-refractivity contribution in [1.29, 1.82) is 0 Å². The molecule has 0 aliphatic carbocycles. The molecule has 0 saturated heterocycles. The molecule has 0 aliphatic rings. The number of anilines is 1. The standard InChI is InChI=1S/C22H21Cl2N3O3/c1-13(21(28)27-19-6-4-3-5-16(19)22(29)25-2)26-12-15-8-10-20(30-15)17-11-14(23)7-9-18(17)24/h3-11,13,26H,12H2,1-2H3,(H,25,29)(H,27,28)/t13-/m0/s1. The van der Waals surface area contributed by atoms with Crippen molar-refractivity contribution < 1.29 is 14.0 Å². The van der Waals surface area contributed by atoms with Gasteiger partial charge in [0.05, 0.1) is 28.9 Å². The van der Waals surface area contributed by atoms with E-state index in [0.717, 1.165) is 0 Å². The van der Waals surface area contributed by atoms with Crippen LogP contribution < -0.4 is 16.0 Å². The fraction of sp³-hybridized carbons (Fsp3) is 0.182. The van der Waals surface area contributed by atoms with Crippen LogP contribution in [0.4, 0.5) is 5.69 Å². The molecule has 0 radical (unpaired) electrons. The predicted molar refractivity (Wildman–Crippen MR) is 119 cm³/mol. The molecule has 0 aliphatic heterocycles. The van der Waals surface area contributed by atoms with E-state index in [9.17, 15) is 9.59 Å². The summed E-state index contributed by atoms with van der Waals surface area (Å²) < 4.78 is 5.83. The fourth-order valence-corrected chi connectivity index (χ4v) is 3.20. The van der Waals surface area contributed by atoms with Crippen molar-refractivity contribution in [3.63, 3.8) is 0 Å². The molecule has 3 N–H and O–H groups in total. The van der Waals surface area contributed by atoms with Crippen LogP contribution in [0.2, 0.25) is 10.0 Å². The minimum atomic E-state index is -0.522. The van der Waals surface area contributed by atoms with Crippen molar-refractivity contribution in [2.75, 3.05) is 12.4 Å². The molecule has 156 valence electrons. The molecule has 30 heavy (non-hydrogen) atoms. The van der Waals surface area contributed by atoms with Crippen LogP contribution in [0.15, 0.2) is 59.0 Å². The predicted octanol–water partition coefficient (Wildman–Crippen LogP) is 4.73. The van der Waals surface area contributed by atoms with Crippen LogP contribution >= 0.6 is 23.2 Å². The van der Waals surface area contributed by atoms with Crippen molar-refractivity contribution in [1.82, 2.24) is 10.6 Å². The number of para-hydroxylation sites is 1. The lowest BCUT2D eigenvalue weighted by atomic mass is 10.1. The van der Waals surface area contributed by atoms with E-state index >= 15 is 0 Å². The summed E-state index contributed by atoms with van der Waals surface area (Å²) in [5.41, 5.74) is 1.55. The molecule has 2 amide bonds. The number of hydrogen-bond donors (Lipinski definition) is 3. The molecule has 2 aromatic carbocycles. The summed E-state index contributed by atoms with van der Waals surface area (Å²) in [7, 11) is 1.54. The van der Waals surface area contributed by atoms with E-state index in [-0.39, 0.29) is 11.8 Å². The Morgan fingerprint density at radius 1 is 1.07 bits per heavy atom. The topological polar surface area (TPSA) is 83.4 Å². The van der Waals surface area contributed by atoms with Gasteiger partial charge in [-0.15, -0.1) is 0 Å². The molecule has 0 bridgehead atoms. The molecular formula is C22H21Cl2N3O3. The Labute approximate surface area is 184 Å². The molecule has 0 spiro atoms. The van der Waals surface area contributed by atoms with E-state index in [1.54, 1.807) is 62.5 Å². The summed E-state index contributed by atoms with van der Waals surface area (Å²) in [5, 5.41) is 9.55. The van der Waals surface area contributed by atoms with Gasteiger partial charge in [-0.1, -0.05) is 35.3 Å². The second-order valence-electron chi connectivity index (χ2n) is 6.61. The lowest BCUT2D eigenvalue weighted by Gasteiger charge is -2.15. The molecule has 3 aromatic rings. The van der Waals surface area contributed by atoms with Crippen LogP contribution in [0.5, 0.6) is 0 Å². The third kappa shape index (κ3) is 5.21. The number of amides is 2. The second-order valence-corrected chi connectivity index (χ2v) is 7.45. The van der Waals surface area contributed by atoms with Crippen LogP contribution in [0.25, 0.3) is 11.3 Å². The van der Waals surface area contributed by atoms with Crippen molar-refractivity contribution >= 4 is 40.7 Å². The van der Waals surface area contributed by atoms with Crippen LogP contribution in [0.1, 0.15) is 23.0 Å². The Bertz CT molecular complexity index is 1070. The Morgan fingerprint density at radius 2 is 1.83 bits per heavy atom. The maximum atomic E-state index is 12.5. The van der Waals surface area contributed by atoms with Crippen LogP contribution in [-0.4, -0.2) is 24.9 Å². The summed E-state index contributed by atoms with van der Waals surface area (Å²) >= 11 is 12.3. The smallest absolute Gasteiger partial charge is 0.253 e. The Balaban J connectivity index is 1.62. The summed E-state index contributed by atoms with van der Waals surface area (Å²) in [6.45, 7) is 2.07. The van der Waals surface area contributed by atoms with Gasteiger partial charge in [-0.25, -0.2) is 0 Å². The minimum Gasteiger partial charge on any atom is -0.460 e. The number of carbonyl (C=O) groups excluding carboxylic acids is 2. The first-order valence-corrected chi connectivity index (χ1v) is 10.0. The molecule has 0 fully saturated rings. The van der Waals surface area contributed by atoms with Gasteiger partial charge in [-0.05, 0) is 49.4 Å². The summed E-state index contributed by atoms with van der Waals surface area (Å²) in [6.07, 6.45) is 0. The van der Waals surface area contributed by atoms with Gasteiger partial charge in [0.15, 0.2) is 0 Å². The number of furan rings is 1.